The number of ether oxygens (including phenoxy) is 1. The van der Waals surface area contributed by atoms with Crippen molar-refractivity contribution in [3.05, 3.63) is 59.2 Å². The smallest absolute Gasteiger partial charge is 0.233 e. The van der Waals surface area contributed by atoms with Crippen molar-refractivity contribution < 1.29 is 14.3 Å². The minimum atomic E-state index is -0.317. The van der Waals surface area contributed by atoms with E-state index in [9.17, 15) is 9.59 Å². The average Bonchev–Trinajstić information content (AvgIpc) is 2.58. The summed E-state index contributed by atoms with van der Waals surface area (Å²) in [6.07, 6.45) is 0.493. The molecule has 0 fully saturated rings. The van der Waals surface area contributed by atoms with E-state index in [0.29, 0.717) is 18.7 Å². The van der Waals surface area contributed by atoms with Crippen LogP contribution in [0.15, 0.2) is 42.5 Å². The summed E-state index contributed by atoms with van der Waals surface area (Å²) in [5.74, 6) is 0.183. The molecule has 0 radical (unpaired) electrons. The first-order valence-corrected chi connectivity index (χ1v) is 8.24. The molecular formula is C20H24N2O3. The molecule has 2 aromatic carbocycles. The Hall–Kier alpha value is -2.82. The van der Waals surface area contributed by atoms with Gasteiger partial charge in [-0.1, -0.05) is 18.2 Å². The fraction of sp³-hybridized carbons (Fsp3) is 0.300. The highest BCUT2D eigenvalue weighted by atomic mass is 16.5. The van der Waals surface area contributed by atoms with E-state index in [4.69, 9.17) is 4.74 Å². The molecule has 0 spiro atoms. The lowest BCUT2D eigenvalue weighted by Gasteiger charge is -2.09. The van der Waals surface area contributed by atoms with Crippen LogP contribution in [-0.2, 0) is 16.0 Å². The second-order valence-electron chi connectivity index (χ2n) is 5.98. The van der Waals surface area contributed by atoms with Gasteiger partial charge >= 0.3 is 0 Å². The molecule has 0 aliphatic heterocycles. The Bertz CT molecular complexity index is 756. The molecule has 0 saturated heterocycles. The van der Waals surface area contributed by atoms with Crippen LogP contribution in [0.1, 0.15) is 23.1 Å². The number of amides is 2. The molecule has 2 amide bonds. The Kier molecular flexibility index (Phi) is 6.57. The van der Waals surface area contributed by atoms with Gasteiger partial charge in [-0.15, -0.1) is 0 Å². The van der Waals surface area contributed by atoms with Gasteiger partial charge in [0.05, 0.1) is 7.11 Å². The topological polar surface area (TPSA) is 67.4 Å². The van der Waals surface area contributed by atoms with Crippen molar-refractivity contribution in [3.63, 3.8) is 0 Å². The van der Waals surface area contributed by atoms with Crippen molar-refractivity contribution >= 4 is 17.5 Å². The van der Waals surface area contributed by atoms with Crippen molar-refractivity contribution in [1.29, 1.82) is 0 Å². The van der Waals surface area contributed by atoms with E-state index < -0.39 is 0 Å². The lowest BCUT2D eigenvalue weighted by Crippen LogP contribution is -2.29. The quantitative estimate of drug-likeness (QED) is 0.762. The van der Waals surface area contributed by atoms with Crippen LogP contribution in [0.3, 0.4) is 0 Å². The van der Waals surface area contributed by atoms with E-state index >= 15 is 0 Å². The molecule has 0 unspecified atom stereocenters. The molecule has 0 bridgehead atoms. The zero-order valence-electron chi connectivity index (χ0n) is 14.9. The first kappa shape index (κ1) is 18.5. The predicted octanol–water partition coefficient (Wildman–Crippen LogP) is 3.00. The third kappa shape index (κ3) is 5.95. The maximum absolute atomic E-state index is 11.9. The van der Waals surface area contributed by atoms with Crippen LogP contribution in [0.5, 0.6) is 5.75 Å². The highest BCUT2D eigenvalue weighted by molar-refractivity contribution is 6.03. The summed E-state index contributed by atoms with van der Waals surface area (Å²) in [6, 6.07) is 13.4. The Morgan fingerprint density at radius 2 is 1.80 bits per heavy atom. The molecule has 5 nitrogen and oxygen atoms in total. The van der Waals surface area contributed by atoms with Gasteiger partial charge in [-0.25, -0.2) is 0 Å². The molecule has 0 aliphatic carbocycles. The fourth-order valence-electron chi connectivity index (χ4n) is 2.41. The molecule has 0 heterocycles. The number of hydrogen-bond donors (Lipinski definition) is 2. The van der Waals surface area contributed by atoms with Gasteiger partial charge in [-0.2, -0.15) is 0 Å². The fourth-order valence-corrected chi connectivity index (χ4v) is 2.41. The van der Waals surface area contributed by atoms with Crippen LogP contribution < -0.4 is 15.4 Å². The van der Waals surface area contributed by atoms with Crippen molar-refractivity contribution in [2.45, 2.75) is 26.7 Å². The lowest BCUT2D eigenvalue weighted by molar-refractivity contribution is -0.126. The first-order chi connectivity index (χ1) is 12.0. The lowest BCUT2D eigenvalue weighted by atomic mass is 10.1. The van der Waals surface area contributed by atoms with Gasteiger partial charge < -0.3 is 15.4 Å². The molecule has 5 heteroatoms. The Balaban J connectivity index is 1.75. The summed E-state index contributed by atoms with van der Waals surface area (Å²) < 4.78 is 5.17. The number of hydrogen-bond acceptors (Lipinski definition) is 3. The van der Waals surface area contributed by atoms with E-state index in [1.165, 1.54) is 0 Å². The third-order valence-corrected chi connectivity index (χ3v) is 3.98. The summed E-state index contributed by atoms with van der Waals surface area (Å²) in [5, 5.41) is 5.51. The zero-order valence-corrected chi connectivity index (χ0v) is 14.9. The molecule has 0 atom stereocenters. The normalized spacial score (nSPS) is 10.2. The van der Waals surface area contributed by atoms with E-state index in [0.717, 1.165) is 22.4 Å². The number of nitrogens with one attached hydrogen (secondary N) is 2. The standard InChI is InChI=1S/C20H24N2O3/c1-14-7-8-17(11-15(14)2)22-20(24)13-19(23)21-10-9-16-5-4-6-18(12-16)25-3/h4-8,11-12H,9-10,13H2,1-3H3,(H,21,23)(H,22,24). The molecule has 0 aliphatic rings. The van der Waals surface area contributed by atoms with Crippen molar-refractivity contribution in [2.24, 2.45) is 0 Å². The van der Waals surface area contributed by atoms with Gasteiger partial charge in [0, 0.05) is 12.2 Å². The summed E-state index contributed by atoms with van der Waals surface area (Å²) >= 11 is 0. The Morgan fingerprint density at radius 3 is 2.52 bits per heavy atom. The largest absolute Gasteiger partial charge is 0.497 e. The molecule has 2 aromatic rings. The van der Waals surface area contributed by atoms with Crippen LogP contribution in [0.25, 0.3) is 0 Å². The van der Waals surface area contributed by atoms with Crippen LogP contribution >= 0.6 is 0 Å². The highest BCUT2D eigenvalue weighted by Crippen LogP contribution is 2.14. The second kappa shape index (κ2) is 8.87. The zero-order chi connectivity index (χ0) is 18.2. The van der Waals surface area contributed by atoms with Crippen LogP contribution in [0.2, 0.25) is 0 Å². The minimum Gasteiger partial charge on any atom is -0.497 e. The van der Waals surface area contributed by atoms with E-state index in [-0.39, 0.29) is 18.2 Å². The summed E-state index contributed by atoms with van der Waals surface area (Å²) in [7, 11) is 1.62. The molecule has 2 N–H and O–H groups in total. The van der Waals surface area contributed by atoms with E-state index in [1.807, 2.05) is 56.3 Å². The van der Waals surface area contributed by atoms with Gasteiger partial charge in [0.15, 0.2) is 0 Å². The van der Waals surface area contributed by atoms with Crippen molar-refractivity contribution in [3.8, 4) is 5.75 Å². The van der Waals surface area contributed by atoms with Gasteiger partial charge in [-0.3, -0.25) is 9.59 Å². The SMILES string of the molecule is COc1cccc(CCNC(=O)CC(=O)Nc2ccc(C)c(C)c2)c1. The van der Waals surface area contributed by atoms with E-state index in [2.05, 4.69) is 10.6 Å². The van der Waals surface area contributed by atoms with Gasteiger partial charge in [0.2, 0.25) is 11.8 Å². The maximum Gasteiger partial charge on any atom is 0.233 e. The van der Waals surface area contributed by atoms with Crippen LogP contribution in [0.4, 0.5) is 5.69 Å². The summed E-state index contributed by atoms with van der Waals surface area (Å²) in [4.78, 5) is 23.8. The third-order valence-electron chi connectivity index (χ3n) is 3.98. The second-order valence-corrected chi connectivity index (χ2v) is 5.98. The van der Waals surface area contributed by atoms with Crippen molar-refractivity contribution in [2.75, 3.05) is 19.0 Å². The minimum absolute atomic E-state index is 0.189. The summed E-state index contributed by atoms with van der Waals surface area (Å²) in [6.45, 7) is 4.47. The number of anilines is 1. The Labute approximate surface area is 148 Å². The van der Waals surface area contributed by atoms with Crippen LogP contribution in [0, 0.1) is 13.8 Å². The van der Waals surface area contributed by atoms with Crippen LogP contribution in [-0.4, -0.2) is 25.5 Å². The number of benzene rings is 2. The van der Waals surface area contributed by atoms with Crippen molar-refractivity contribution in [1.82, 2.24) is 5.32 Å². The molecule has 0 aromatic heterocycles. The maximum atomic E-state index is 11.9. The first-order valence-electron chi connectivity index (χ1n) is 8.24. The monoisotopic (exact) mass is 340 g/mol. The highest BCUT2D eigenvalue weighted by Gasteiger charge is 2.09. The molecule has 25 heavy (non-hydrogen) atoms. The summed E-state index contributed by atoms with van der Waals surface area (Å²) in [5.41, 5.74) is 4.03. The Morgan fingerprint density at radius 1 is 1.00 bits per heavy atom. The van der Waals surface area contributed by atoms with E-state index in [1.54, 1.807) is 7.11 Å². The number of aryl methyl sites for hydroxylation is 2. The molecule has 2 rings (SSSR count). The van der Waals surface area contributed by atoms with Gasteiger partial charge in [-0.05, 0) is 61.2 Å². The number of methoxy groups -OCH3 is 1. The molecule has 132 valence electrons. The molecular weight excluding hydrogens is 316 g/mol. The number of carbonyl (C=O) groups excluding carboxylic acids is 2. The number of rotatable bonds is 7. The number of carbonyl (C=O) groups is 2. The molecule has 0 saturated carbocycles. The predicted molar refractivity (Wildman–Crippen MR) is 98.9 cm³/mol. The van der Waals surface area contributed by atoms with Gasteiger partial charge in [0.1, 0.15) is 12.2 Å². The average molecular weight is 340 g/mol. The van der Waals surface area contributed by atoms with Gasteiger partial charge in [0.25, 0.3) is 0 Å².